The van der Waals surface area contributed by atoms with Gasteiger partial charge in [-0.05, 0) is 45.5 Å². The van der Waals surface area contributed by atoms with E-state index < -0.39 is 0 Å². The fraction of sp³-hybridized carbons (Fsp3) is 0.533. The van der Waals surface area contributed by atoms with E-state index in [-0.39, 0.29) is 11.4 Å². The van der Waals surface area contributed by atoms with Crippen LogP contribution in [0.2, 0.25) is 0 Å². The minimum atomic E-state index is -0.255. The molecule has 0 radical (unpaired) electrons. The van der Waals surface area contributed by atoms with Gasteiger partial charge < -0.3 is 9.47 Å². The summed E-state index contributed by atoms with van der Waals surface area (Å²) < 4.78 is 15.5. The number of hydrogen-bond acceptors (Lipinski definition) is 2. The first-order valence-electron chi connectivity index (χ1n) is 6.94. The third kappa shape index (κ3) is 2.11. The topological polar surface area (TPSA) is 21.1 Å². The van der Waals surface area contributed by atoms with Crippen LogP contribution in [0.4, 0.5) is 4.39 Å². The predicted octanol–water partition coefficient (Wildman–Crippen LogP) is 3.40. The minimum Gasteiger partial charge on any atom is -0.325 e. The van der Waals surface area contributed by atoms with Gasteiger partial charge in [0.05, 0.1) is 16.9 Å². The highest BCUT2D eigenvalue weighted by atomic mass is 35.5. The number of rotatable bonds is 4. The largest absolute Gasteiger partial charge is 0.325 e. The summed E-state index contributed by atoms with van der Waals surface area (Å²) in [4.78, 5) is 6.76. The van der Waals surface area contributed by atoms with Gasteiger partial charge in [0.25, 0.3) is 0 Å². The number of hydrogen-bond donors (Lipinski definition) is 0. The molecule has 20 heavy (non-hydrogen) atoms. The van der Waals surface area contributed by atoms with Crippen molar-refractivity contribution in [2.24, 2.45) is 0 Å². The van der Waals surface area contributed by atoms with Gasteiger partial charge in [-0.1, -0.05) is 0 Å². The summed E-state index contributed by atoms with van der Waals surface area (Å²) in [5, 5.41) is 0. The van der Waals surface area contributed by atoms with Gasteiger partial charge in [0.1, 0.15) is 11.6 Å². The van der Waals surface area contributed by atoms with E-state index in [2.05, 4.69) is 28.5 Å². The first-order chi connectivity index (χ1) is 9.55. The molecule has 1 heterocycles. The van der Waals surface area contributed by atoms with Crippen LogP contribution in [0.1, 0.15) is 25.1 Å². The smallest absolute Gasteiger partial charge is 0.125 e. The number of nitrogens with zero attached hydrogens (tertiary/aromatic N) is 3. The number of likely N-dealkylation sites (N-methyl/N-ethyl adjacent to an activating group) is 1. The average Bonchev–Trinajstić information content (AvgIpc) is 2.69. The maximum absolute atomic E-state index is 13.3. The van der Waals surface area contributed by atoms with Gasteiger partial charge in [-0.15, -0.1) is 11.6 Å². The van der Waals surface area contributed by atoms with Crippen molar-refractivity contribution in [3.63, 3.8) is 0 Å². The normalized spacial score (nSPS) is 17.6. The van der Waals surface area contributed by atoms with Crippen LogP contribution < -0.4 is 0 Å². The molecule has 1 aliphatic carbocycles. The molecular weight excluding hydrogens is 277 g/mol. The molecule has 0 atom stereocenters. The van der Waals surface area contributed by atoms with Crippen molar-refractivity contribution >= 4 is 22.6 Å². The molecule has 1 aromatic heterocycles. The Morgan fingerprint density at radius 2 is 2.15 bits per heavy atom. The minimum absolute atomic E-state index is 0.183. The van der Waals surface area contributed by atoms with Gasteiger partial charge >= 0.3 is 0 Å². The highest BCUT2D eigenvalue weighted by molar-refractivity contribution is 6.16. The lowest BCUT2D eigenvalue weighted by atomic mass is 9.75. The maximum Gasteiger partial charge on any atom is 0.125 e. The Balaban J connectivity index is 2.05. The first kappa shape index (κ1) is 13.8. The van der Waals surface area contributed by atoms with Crippen molar-refractivity contribution in [1.29, 1.82) is 0 Å². The van der Waals surface area contributed by atoms with Crippen LogP contribution in [-0.2, 0) is 12.4 Å². The Kier molecular flexibility index (Phi) is 3.46. The molecule has 1 fully saturated rings. The molecule has 108 valence electrons. The number of aromatic nitrogens is 2. The van der Waals surface area contributed by atoms with Crippen molar-refractivity contribution in [2.75, 3.05) is 14.1 Å². The highest BCUT2D eigenvalue weighted by Gasteiger charge is 2.40. The van der Waals surface area contributed by atoms with Crippen LogP contribution >= 0.6 is 11.6 Å². The van der Waals surface area contributed by atoms with Gasteiger partial charge in [-0.2, -0.15) is 0 Å². The van der Waals surface area contributed by atoms with Crippen LogP contribution in [0.3, 0.4) is 0 Å². The second-order valence-electron chi connectivity index (χ2n) is 5.85. The van der Waals surface area contributed by atoms with Gasteiger partial charge in [0, 0.05) is 18.2 Å². The van der Waals surface area contributed by atoms with Crippen LogP contribution in [0.15, 0.2) is 18.2 Å². The highest BCUT2D eigenvalue weighted by Crippen LogP contribution is 2.38. The number of benzene rings is 1. The zero-order chi connectivity index (χ0) is 14.3. The number of imidazole rings is 1. The molecule has 0 bridgehead atoms. The average molecular weight is 296 g/mol. The van der Waals surface area contributed by atoms with Crippen LogP contribution in [0.25, 0.3) is 11.0 Å². The predicted molar refractivity (Wildman–Crippen MR) is 79.5 cm³/mol. The van der Waals surface area contributed by atoms with E-state index in [0.29, 0.717) is 11.4 Å². The summed E-state index contributed by atoms with van der Waals surface area (Å²) in [7, 11) is 4.25. The van der Waals surface area contributed by atoms with E-state index in [4.69, 9.17) is 11.6 Å². The second-order valence-corrected chi connectivity index (χ2v) is 6.12. The number of alkyl halides is 1. The summed E-state index contributed by atoms with van der Waals surface area (Å²) in [5.41, 5.74) is 1.84. The molecular formula is C15H19ClFN3. The molecule has 0 aliphatic heterocycles. The summed E-state index contributed by atoms with van der Waals surface area (Å²) in [5.74, 6) is 0.912. The third-order valence-electron chi connectivity index (χ3n) is 4.59. The standard InChI is InChI=1S/C15H19ClFN3/c1-19(2)15(6-3-7-15)10-20-13-5-4-11(17)8-12(13)18-14(20)9-16/h4-5,8H,3,6-7,9-10H2,1-2H3. The molecule has 1 aromatic carbocycles. The van der Waals surface area contributed by atoms with Gasteiger partial charge in [-0.25, -0.2) is 9.37 Å². The van der Waals surface area contributed by atoms with Crippen molar-refractivity contribution < 1.29 is 4.39 Å². The van der Waals surface area contributed by atoms with Crippen LogP contribution in [0, 0.1) is 5.82 Å². The van der Waals surface area contributed by atoms with E-state index in [9.17, 15) is 4.39 Å². The summed E-state index contributed by atoms with van der Waals surface area (Å²) in [6, 6.07) is 4.77. The zero-order valence-electron chi connectivity index (χ0n) is 11.9. The molecule has 0 saturated heterocycles. The molecule has 0 unspecified atom stereocenters. The quantitative estimate of drug-likeness (QED) is 0.806. The van der Waals surface area contributed by atoms with E-state index in [1.54, 1.807) is 6.07 Å². The molecule has 5 heteroatoms. The van der Waals surface area contributed by atoms with E-state index in [0.717, 1.165) is 17.9 Å². The number of halogens is 2. The van der Waals surface area contributed by atoms with E-state index in [1.807, 2.05) is 0 Å². The van der Waals surface area contributed by atoms with Crippen molar-refractivity contribution in [3.05, 3.63) is 29.8 Å². The van der Waals surface area contributed by atoms with Crippen molar-refractivity contribution in [3.8, 4) is 0 Å². The molecule has 0 amide bonds. The fourth-order valence-corrected chi connectivity index (χ4v) is 3.26. The summed E-state index contributed by atoms with van der Waals surface area (Å²) in [6.45, 7) is 0.865. The lowest BCUT2D eigenvalue weighted by Crippen LogP contribution is -2.53. The van der Waals surface area contributed by atoms with Gasteiger partial charge in [0.15, 0.2) is 0 Å². The van der Waals surface area contributed by atoms with E-state index >= 15 is 0 Å². The lowest BCUT2D eigenvalue weighted by Gasteiger charge is -2.47. The van der Waals surface area contributed by atoms with Crippen molar-refractivity contribution in [1.82, 2.24) is 14.5 Å². The molecule has 1 saturated carbocycles. The molecule has 3 nitrogen and oxygen atoms in total. The third-order valence-corrected chi connectivity index (χ3v) is 4.83. The number of fused-ring (bicyclic) bond motifs is 1. The molecule has 0 spiro atoms. The first-order valence-corrected chi connectivity index (χ1v) is 7.47. The van der Waals surface area contributed by atoms with Gasteiger partial charge in [-0.3, -0.25) is 0 Å². The lowest BCUT2D eigenvalue weighted by molar-refractivity contribution is 0.0429. The summed E-state index contributed by atoms with van der Waals surface area (Å²) in [6.07, 6.45) is 3.63. The monoisotopic (exact) mass is 295 g/mol. The van der Waals surface area contributed by atoms with E-state index in [1.165, 1.54) is 31.4 Å². The Hall–Kier alpha value is -1.13. The Morgan fingerprint density at radius 1 is 1.40 bits per heavy atom. The maximum atomic E-state index is 13.3. The van der Waals surface area contributed by atoms with Crippen LogP contribution in [-0.4, -0.2) is 34.1 Å². The zero-order valence-corrected chi connectivity index (χ0v) is 12.6. The SMILES string of the molecule is CN(C)C1(Cn2c(CCl)nc3cc(F)ccc32)CCC1. The molecule has 3 rings (SSSR count). The second kappa shape index (κ2) is 5.01. The fourth-order valence-electron chi connectivity index (χ4n) is 3.06. The Bertz CT molecular complexity index is 631. The molecule has 1 aliphatic rings. The Labute approximate surface area is 123 Å². The molecule has 2 aromatic rings. The summed E-state index contributed by atoms with van der Waals surface area (Å²) >= 11 is 6.02. The Morgan fingerprint density at radius 3 is 2.70 bits per heavy atom. The van der Waals surface area contributed by atoms with Crippen molar-refractivity contribution in [2.45, 2.75) is 37.2 Å². The molecule has 0 N–H and O–H groups in total. The van der Waals surface area contributed by atoms with Crippen LogP contribution in [0.5, 0.6) is 0 Å². The van der Waals surface area contributed by atoms with Gasteiger partial charge in [0.2, 0.25) is 0 Å².